The van der Waals surface area contributed by atoms with E-state index in [1.807, 2.05) is 6.92 Å². The van der Waals surface area contributed by atoms with Gasteiger partial charge in [-0.1, -0.05) is 26.0 Å². The maximum absolute atomic E-state index is 12.7. The first kappa shape index (κ1) is 17.3. The number of nitrogens with zero attached hydrogens (tertiary/aromatic N) is 1. The van der Waals surface area contributed by atoms with E-state index >= 15 is 0 Å². The van der Waals surface area contributed by atoms with Gasteiger partial charge in [0.2, 0.25) is 0 Å². The Labute approximate surface area is 157 Å². The first-order valence-corrected chi connectivity index (χ1v) is 10.3. The lowest BCUT2D eigenvalue weighted by atomic mass is 9.89. The number of anilines is 1. The highest BCUT2D eigenvalue weighted by atomic mass is 32.1. The largest absolute Gasteiger partial charge is 0.375 e. The Kier molecular flexibility index (Phi) is 4.57. The average Bonchev–Trinajstić information content (AvgIpc) is 3.00. The molecule has 2 heterocycles. The fourth-order valence-electron chi connectivity index (χ4n) is 3.73. The lowest BCUT2D eigenvalue weighted by molar-refractivity contribution is 0.509. The number of aryl methyl sites for hydroxylation is 2. The third kappa shape index (κ3) is 3.16. The highest BCUT2D eigenvalue weighted by Gasteiger charge is 2.23. The van der Waals surface area contributed by atoms with Gasteiger partial charge in [-0.25, -0.2) is 4.98 Å². The number of benzene rings is 1. The van der Waals surface area contributed by atoms with Crippen molar-refractivity contribution in [3.63, 3.8) is 0 Å². The van der Waals surface area contributed by atoms with Gasteiger partial charge in [-0.05, 0) is 61.8 Å². The van der Waals surface area contributed by atoms with Crippen molar-refractivity contribution in [2.24, 2.45) is 5.92 Å². The highest BCUT2D eigenvalue weighted by Crippen LogP contribution is 2.35. The molecular formula is C21H25N3OS. The first-order chi connectivity index (χ1) is 12.5. The molecule has 0 radical (unpaired) electrons. The molecule has 0 spiro atoms. The Morgan fingerprint density at radius 2 is 2.12 bits per heavy atom. The zero-order valence-corrected chi connectivity index (χ0v) is 16.4. The Balaban J connectivity index is 1.65. The van der Waals surface area contributed by atoms with Crippen LogP contribution in [-0.4, -0.2) is 9.97 Å². The van der Waals surface area contributed by atoms with Crippen LogP contribution in [0.5, 0.6) is 0 Å². The van der Waals surface area contributed by atoms with Gasteiger partial charge in [-0.2, -0.15) is 0 Å². The molecule has 0 unspecified atom stereocenters. The fraction of sp³-hybridized carbons (Fsp3) is 0.429. The van der Waals surface area contributed by atoms with Gasteiger partial charge in [0.15, 0.2) is 0 Å². The van der Waals surface area contributed by atoms with Crippen molar-refractivity contribution in [3.05, 3.63) is 56.4 Å². The maximum atomic E-state index is 12.7. The van der Waals surface area contributed by atoms with Crippen molar-refractivity contribution in [2.45, 2.75) is 52.5 Å². The van der Waals surface area contributed by atoms with Gasteiger partial charge < -0.3 is 10.3 Å². The molecule has 2 aromatic heterocycles. The summed E-state index contributed by atoms with van der Waals surface area (Å²) in [6, 6.07) is 8.36. The zero-order valence-electron chi connectivity index (χ0n) is 15.6. The minimum atomic E-state index is -0.0578. The molecule has 5 heteroatoms. The normalized spacial score (nSPS) is 17.9. The number of nitrogens with one attached hydrogen (secondary N) is 2. The quantitative estimate of drug-likeness (QED) is 0.693. The van der Waals surface area contributed by atoms with Crippen LogP contribution in [-0.2, 0) is 19.3 Å². The van der Waals surface area contributed by atoms with Crippen molar-refractivity contribution in [2.75, 3.05) is 5.32 Å². The molecule has 0 amide bonds. The van der Waals surface area contributed by atoms with Crippen LogP contribution in [0, 0.1) is 5.92 Å². The van der Waals surface area contributed by atoms with Crippen molar-refractivity contribution in [3.8, 4) is 0 Å². The zero-order chi connectivity index (χ0) is 18.3. The van der Waals surface area contributed by atoms with Gasteiger partial charge in [0.25, 0.3) is 5.56 Å². The number of hydrogen-bond acceptors (Lipinski definition) is 4. The molecule has 0 saturated heterocycles. The minimum absolute atomic E-state index is 0.00651. The summed E-state index contributed by atoms with van der Waals surface area (Å²) in [5, 5.41) is 4.26. The smallest absolute Gasteiger partial charge is 0.259 e. The summed E-state index contributed by atoms with van der Waals surface area (Å²) in [6.45, 7) is 6.47. The molecule has 136 valence electrons. The predicted octanol–water partition coefficient (Wildman–Crippen LogP) is 4.84. The van der Waals surface area contributed by atoms with Gasteiger partial charge in [0, 0.05) is 10.6 Å². The summed E-state index contributed by atoms with van der Waals surface area (Å²) in [4.78, 5) is 22.8. The summed E-state index contributed by atoms with van der Waals surface area (Å²) in [7, 11) is 0. The van der Waals surface area contributed by atoms with E-state index in [-0.39, 0.29) is 11.6 Å². The number of aromatic amines is 1. The molecule has 0 aliphatic heterocycles. The summed E-state index contributed by atoms with van der Waals surface area (Å²) in [6.07, 6.45) is 4.26. The molecule has 0 fully saturated rings. The third-order valence-electron chi connectivity index (χ3n) is 5.34. The van der Waals surface area contributed by atoms with Gasteiger partial charge in [-0.15, -0.1) is 11.3 Å². The topological polar surface area (TPSA) is 57.8 Å². The molecule has 4 nitrogen and oxygen atoms in total. The van der Waals surface area contributed by atoms with Crippen LogP contribution < -0.4 is 10.9 Å². The Morgan fingerprint density at radius 1 is 1.35 bits per heavy atom. The van der Waals surface area contributed by atoms with Crippen molar-refractivity contribution < 1.29 is 0 Å². The first-order valence-electron chi connectivity index (χ1n) is 9.45. The molecule has 26 heavy (non-hydrogen) atoms. The summed E-state index contributed by atoms with van der Waals surface area (Å²) in [5.41, 5.74) is 3.59. The van der Waals surface area contributed by atoms with Gasteiger partial charge in [0.1, 0.15) is 10.7 Å². The minimum Gasteiger partial charge on any atom is -0.375 e. The average molecular weight is 368 g/mol. The van der Waals surface area contributed by atoms with Crippen LogP contribution in [0.2, 0.25) is 0 Å². The van der Waals surface area contributed by atoms with Crippen LogP contribution >= 0.6 is 11.3 Å². The van der Waals surface area contributed by atoms with Crippen LogP contribution in [0.1, 0.15) is 55.1 Å². The van der Waals surface area contributed by atoms with E-state index in [4.69, 9.17) is 4.98 Å². The van der Waals surface area contributed by atoms with Crippen molar-refractivity contribution in [1.82, 2.24) is 9.97 Å². The van der Waals surface area contributed by atoms with E-state index in [2.05, 4.69) is 48.4 Å². The van der Waals surface area contributed by atoms with Gasteiger partial charge in [0.05, 0.1) is 11.4 Å². The van der Waals surface area contributed by atoms with E-state index < -0.39 is 0 Å². The van der Waals surface area contributed by atoms with E-state index in [9.17, 15) is 4.79 Å². The molecule has 0 saturated carbocycles. The standard InChI is InChI=1S/C21H25N3OS/c1-4-14-6-8-15(9-7-14)22-13(3)19-23-20(25)18-16-10-5-12(2)11-17(16)26-21(18)24-19/h6-9,12-13,22H,4-5,10-11H2,1-3H3,(H,23,24,25)/t12-,13-/m1/s1. The molecule has 4 rings (SSSR count). The summed E-state index contributed by atoms with van der Waals surface area (Å²) in [5.74, 6) is 1.40. The molecule has 1 aliphatic rings. The van der Waals surface area contributed by atoms with Crippen molar-refractivity contribution in [1.29, 1.82) is 0 Å². The number of H-pyrrole nitrogens is 1. The van der Waals surface area contributed by atoms with Gasteiger partial charge in [-0.3, -0.25) is 4.79 Å². The van der Waals surface area contributed by atoms with E-state index in [1.54, 1.807) is 11.3 Å². The van der Waals surface area contributed by atoms with E-state index in [0.29, 0.717) is 11.7 Å². The Morgan fingerprint density at radius 3 is 2.85 bits per heavy atom. The molecule has 2 N–H and O–H groups in total. The van der Waals surface area contributed by atoms with Crippen LogP contribution in [0.25, 0.3) is 10.2 Å². The monoisotopic (exact) mass is 367 g/mol. The number of rotatable bonds is 4. The number of thiophene rings is 1. The molecule has 2 atom stereocenters. The molecule has 1 aromatic carbocycles. The van der Waals surface area contributed by atoms with Crippen LogP contribution in [0.4, 0.5) is 5.69 Å². The highest BCUT2D eigenvalue weighted by molar-refractivity contribution is 7.18. The second-order valence-corrected chi connectivity index (χ2v) is 8.48. The van der Waals surface area contributed by atoms with Crippen LogP contribution in [0.3, 0.4) is 0 Å². The lowest BCUT2D eigenvalue weighted by Gasteiger charge is -2.17. The SMILES string of the molecule is CCc1ccc(N[C@H](C)c2nc3sc4c(c3c(=O)[nH]2)CC[C@@H](C)C4)cc1. The van der Waals surface area contributed by atoms with Crippen molar-refractivity contribution >= 4 is 27.2 Å². The second-order valence-electron chi connectivity index (χ2n) is 7.40. The van der Waals surface area contributed by atoms with Gasteiger partial charge >= 0.3 is 0 Å². The molecular weight excluding hydrogens is 342 g/mol. The summed E-state index contributed by atoms with van der Waals surface area (Å²) < 4.78 is 0. The number of fused-ring (bicyclic) bond motifs is 3. The lowest BCUT2D eigenvalue weighted by Crippen LogP contribution is -2.18. The fourth-order valence-corrected chi connectivity index (χ4v) is 5.12. The molecule has 1 aliphatic carbocycles. The predicted molar refractivity (Wildman–Crippen MR) is 109 cm³/mol. The second kappa shape index (κ2) is 6.88. The molecule has 0 bridgehead atoms. The Bertz CT molecular complexity index is 987. The number of hydrogen-bond donors (Lipinski definition) is 2. The third-order valence-corrected chi connectivity index (χ3v) is 6.49. The maximum Gasteiger partial charge on any atom is 0.259 e. The van der Waals surface area contributed by atoms with Crippen LogP contribution in [0.15, 0.2) is 29.1 Å². The molecule has 3 aromatic rings. The number of aromatic nitrogens is 2. The summed E-state index contributed by atoms with van der Waals surface area (Å²) >= 11 is 1.70. The Hall–Kier alpha value is -2.14. The van der Waals surface area contributed by atoms with E-state index in [0.717, 1.165) is 41.6 Å². The van der Waals surface area contributed by atoms with E-state index in [1.165, 1.54) is 16.0 Å².